The summed E-state index contributed by atoms with van der Waals surface area (Å²) in [5.41, 5.74) is 1.63. The van der Waals surface area contributed by atoms with Gasteiger partial charge in [-0.3, -0.25) is 9.20 Å². The molecule has 0 atom stereocenters. The van der Waals surface area contributed by atoms with Crippen molar-refractivity contribution in [1.82, 2.24) is 9.38 Å². The molecule has 0 bridgehead atoms. The third-order valence-electron chi connectivity index (χ3n) is 2.99. The van der Waals surface area contributed by atoms with Crippen LogP contribution in [-0.2, 0) is 16.1 Å². The molecule has 0 radical (unpaired) electrons. The monoisotopic (exact) mass is 390 g/mol. The van der Waals surface area contributed by atoms with E-state index in [2.05, 4.69) is 20.9 Å². The molecular weight excluding hydrogens is 380 g/mol. The van der Waals surface area contributed by atoms with E-state index < -0.39 is 5.97 Å². The van der Waals surface area contributed by atoms with E-state index in [1.807, 2.05) is 16.8 Å². The van der Waals surface area contributed by atoms with Gasteiger partial charge in [-0.2, -0.15) is 11.3 Å². The minimum absolute atomic E-state index is 0.0470. The number of pyridine rings is 1. The number of halogens is 1. The van der Waals surface area contributed by atoms with E-state index in [1.54, 1.807) is 35.7 Å². The summed E-state index contributed by atoms with van der Waals surface area (Å²) in [7, 11) is 0. The molecule has 23 heavy (non-hydrogen) atoms. The maximum absolute atomic E-state index is 12.0. The molecule has 3 rings (SSSR count). The highest BCUT2D eigenvalue weighted by Gasteiger charge is 2.05. The van der Waals surface area contributed by atoms with E-state index in [9.17, 15) is 9.59 Å². The zero-order valence-corrected chi connectivity index (χ0v) is 14.2. The number of ether oxygens (including phenoxy) is 1. The average Bonchev–Trinajstić information content (AvgIpc) is 3.05. The minimum Gasteiger partial charge on any atom is -0.456 e. The Morgan fingerprint density at radius 3 is 3.04 bits per heavy atom. The van der Waals surface area contributed by atoms with Crippen molar-refractivity contribution in [3.05, 3.63) is 73.4 Å². The molecule has 3 aromatic rings. The Hall–Kier alpha value is -2.25. The van der Waals surface area contributed by atoms with Crippen LogP contribution in [0.1, 0.15) is 11.3 Å². The summed E-state index contributed by atoms with van der Waals surface area (Å²) in [4.78, 5) is 28.0. The van der Waals surface area contributed by atoms with E-state index in [4.69, 9.17) is 4.74 Å². The highest BCUT2D eigenvalue weighted by atomic mass is 79.9. The maximum atomic E-state index is 12.0. The predicted molar refractivity (Wildman–Crippen MR) is 92.3 cm³/mol. The molecule has 0 aliphatic heterocycles. The topological polar surface area (TPSA) is 60.7 Å². The average molecular weight is 391 g/mol. The Morgan fingerprint density at radius 1 is 1.39 bits per heavy atom. The summed E-state index contributed by atoms with van der Waals surface area (Å²) in [6, 6.07) is 6.77. The zero-order chi connectivity index (χ0) is 16.2. The molecule has 0 saturated carbocycles. The maximum Gasteiger partial charge on any atom is 0.331 e. The highest BCUT2D eigenvalue weighted by molar-refractivity contribution is 9.10. The van der Waals surface area contributed by atoms with Gasteiger partial charge in [-0.25, -0.2) is 9.78 Å². The fraction of sp³-hybridized carbons (Fsp3) is 0.0625. The Kier molecular flexibility index (Phi) is 4.68. The smallest absolute Gasteiger partial charge is 0.331 e. The molecule has 3 aromatic heterocycles. The second kappa shape index (κ2) is 6.89. The normalized spacial score (nSPS) is 11.2. The van der Waals surface area contributed by atoms with Gasteiger partial charge in [0.15, 0.2) is 0 Å². The van der Waals surface area contributed by atoms with Crippen LogP contribution in [0, 0.1) is 0 Å². The Bertz CT molecular complexity index is 932. The first-order valence-electron chi connectivity index (χ1n) is 6.67. The van der Waals surface area contributed by atoms with Crippen molar-refractivity contribution in [2.24, 2.45) is 0 Å². The number of esters is 1. The largest absolute Gasteiger partial charge is 0.456 e. The number of aromatic nitrogens is 2. The van der Waals surface area contributed by atoms with Crippen molar-refractivity contribution >= 4 is 45.0 Å². The zero-order valence-electron chi connectivity index (χ0n) is 11.8. The number of carbonyl (C=O) groups excluding carboxylic acids is 1. The number of fused-ring (bicyclic) bond motifs is 1. The van der Waals surface area contributed by atoms with Gasteiger partial charge in [0.25, 0.3) is 5.56 Å². The van der Waals surface area contributed by atoms with Crippen LogP contribution in [-0.4, -0.2) is 15.4 Å². The van der Waals surface area contributed by atoms with E-state index >= 15 is 0 Å². The van der Waals surface area contributed by atoms with E-state index in [-0.39, 0.29) is 12.2 Å². The van der Waals surface area contributed by atoms with Crippen LogP contribution in [0.5, 0.6) is 0 Å². The lowest BCUT2D eigenvalue weighted by atomic mass is 10.3. The van der Waals surface area contributed by atoms with Crippen molar-refractivity contribution in [2.75, 3.05) is 0 Å². The van der Waals surface area contributed by atoms with Gasteiger partial charge in [0, 0.05) is 22.8 Å². The molecule has 0 aromatic carbocycles. The lowest BCUT2D eigenvalue weighted by Gasteiger charge is -2.04. The Balaban J connectivity index is 1.71. The number of carbonyl (C=O) groups is 1. The number of thiophene rings is 1. The second-order valence-corrected chi connectivity index (χ2v) is 6.35. The van der Waals surface area contributed by atoms with E-state index in [0.717, 1.165) is 10.0 Å². The van der Waals surface area contributed by atoms with Crippen LogP contribution in [0.4, 0.5) is 0 Å². The van der Waals surface area contributed by atoms with E-state index in [0.29, 0.717) is 11.3 Å². The Morgan fingerprint density at radius 2 is 2.26 bits per heavy atom. The quantitative estimate of drug-likeness (QED) is 0.506. The van der Waals surface area contributed by atoms with Crippen LogP contribution in [0.15, 0.2) is 56.6 Å². The van der Waals surface area contributed by atoms with Gasteiger partial charge in [-0.1, -0.05) is 0 Å². The molecule has 0 spiro atoms. The molecule has 3 heterocycles. The Labute approximate surface area is 144 Å². The molecule has 0 aliphatic carbocycles. The predicted octanol–water partition coefficient (Wildman–Crippen LogP) is 3.28. The van der Waals surface area contributed by atoms with Crippen molar-refractivity contribution in [3.63, 3.8) is 0 Å². The molecule has 0 fully saturated rings. The fourth-order valence-electron chi connectivity index (χ4n) is 1.93. The summed E-state index contributed by atoms with van der Waals surface area (Å²) >= 11 is 4.86. The minimum atomic E-state index is -0.478. The van der Waals surface area contributed by atoms with Crippen molar-refractivity contribution < 1.29 is 9.53 Å². The first-order chi connectivity index (χ1) is 11.1. The SMILES string of the molecule is O=C(/C=C/c1ccsc1)OCc1cc(=O)n2cc(Br)ccc2n1. The van der Waals surface area contributed by atoms with Crippen LogP contribution >= 0.6 is 27.3 Å². The van der Waals surface area contributed by atoms with Gasteiger partial charge in [0.2, 0.25) is 0 Å². The summed E-state index contributed by atoms with van der Waals surface area (Å²) < 4.78 is 7.32. The fourth-order valence-corrected chi connectivity index (χ4v) is 2.89. The summed E-state index contributed by atoms with van der Waals surface area (Å²) in [6.45, 7) is -0.0470. The van der Waals surface area contributed by atoms with Gasteiger partial charge in [0.05, 0.1) is 5.69 Å². The summed E-state index contributed by atoms with van der Waals surface area (Å²) in [5, 5.41) is 3.85. The molecule has 5 nitrogen and oxygen atoms in total. The number of hydrogen-bond donors (Lipinski definition) is 0. The van der Waals surface area contributed by atoms with Crippen LogP contribution in [0.2, 0.25) is 0 Å². The van der Waals surface area contributed by atoms with E-state index in [1.165, 1.54) is 16.5 Å². The van der Waals surface area contributed by atoms with Gasteiger partial charge < -0.3 is 4.74 Å². The van der Waals surface area contributed by atoms with Crippen molar-refractivity contribution in [2.45, 2.75) is 6.61 Å². The molecule has 0 amide bonds. The lowest BCUT2D eigenvalue weighted by molar-refractivity contribution is -0.139. The second-order valence-electron chi connectivity index (χ2n) is 4.66. The standard InChI is InChI=1S/C16H11BrN2O3S/c17-12-2-3-14-18-13(7-15(20)19(14)8-12)9-22-16(21)4-1-11-5-6-23-10-11/h1-8,10H,9H2/b4-1+. The van der Waals surface area contributed by atoms with Crippen molar-refractivity contribution in [3.8, 4) is 0 Å². The highest BCUT2D eigenvalue weighted by Crippen LogP contribution is 2.10. The molecule has 0 N–H and O–H groups in total. The molecule has 0 saturated heterocycles. The summed E-state index contributed by atoms with van der Waals surface area (Å²) in [5.74, 6) is -0.478. The van der Waals surface area contributed by atoms with Gasteiger partial charge >= 0.3 is 5.97 Å². The molecule has 0 aliphatic rings. The van der Waals surface area contributed by atoms with Crippen LogP contribution < -0.4 is 5.56 Å². The summed E-state index contributed by atoms with van der Waals surface area (Å²) in [6.07, 6.45) is 4.68. The number of nitrogens with zero attached hydrogens (tertiary/aromatic N) is 2. The van der Waals surface area contributed by atoms with Crippen molar-refractivity contribution in [1.29, 1.82) is 0 Å². The lowest BCUT2D eigenvalue weighted by Crippen LogP contribution is -2.16. The molecular formula is C16H11BrN2O3S. The third-order valence-corrected chi connectivity index (χ3v) is 4.16. The van der Waals surface area contributed by atoms with Gasteiger partial charge in [-0.15, -0.1) is 0 Å². The first-order valence-corrected chi connectivity index (χ1v) is 8.40. The van der Waals surface area contributed by atoms with Gasteiger partial charge in [0.1, 0.15) is 12.3 Å². The van der Waals surface area contributed by atoms with Gasteiger partial charge in [-0.05, 0) is 56.5 Å². The first kappa shape index (κ1) is 15.6. The molecule has 0 unspecified atom stereocenters. The van der Waals surface area contributed by atoms with Crippen LogP contribution in [0.3, 0.4) is 0 Å². The molecule has 116 valence electrons. The molecule has 7 heteroatoms. The third kappa shape index (κ3) is 3.94. The number of rotatable bonds is 4. The van der Waals surface area contributed by atoms with Crippen LogP contribution in [0.25, 0.3) is 11.7 Å². The number of hydrogen-bond acceptors (Lipinski definition) is 5.